The van der Waals surface area contributed by atoms with Crippen LogP contribution in [0.5, 0.6) is 0 Å². The van der Waals surface area contributed by atoms with Crippen LogP contribution in [-0.2, 0) is 0 Å². The zero-order chi connectivity index (χ0) is 12.0. The fourth-order valence-electron chi connectivity index (χ4n) is 2.42. The van der Waals surface area contributed by atoms with Gasteiger partial charge < -0.3 is 14.9 Å². The minimum absolute atomic E-state index is 0.0947. The number of likely N-dealkylation sites (tertiary alicyclic amines) is 1. The molecule has 1 aromatic rings. The van der Waals surface area contributed by atoms with E-state index in [1.54, 1.807) is 0 Å². The van der Waals surface area contributed by atoms with Crippen LogP contribution in [0.2, 0.25) is 5.28 Å². The first-order chi connectivity index (χ1) is 8.08. The Morgan fingerprint density at radius 3 is 2.65 bits per heavy atom. The summed E-state index contributed by atoms with van der Waals surface area (Å²) in [6.07, 6.45) is 0.525. The summed E-state index contributed by atoms with van der Waals surface area (Å²) >= 11 is 5.68. The van der Waals surface area contributed by atoms with Gasteiger partial charge in [0.25, 0.3) is 0 Å². The van der Waals surface area contributed by atoms with E-state index in [1.807, 2.05) is 4.90 Å². The summed E-state index contributed by atoms with van der Waals surface area (Å²) in [5, 5.41) is 8.94. The van der Waals surface area contributed by atoms with Gasteiger partial charge in [-0.3, -0.25) is 0 Å². The number of amides is 1. The standard InChI is InChI=1S/C9H10ClN5O2/c10-6-11-5-12-7(13-6)14-1-9(2-14)3-15(4-9)8(16)17/h5H,1-4H2,(H,16,17). The summed E-state index contributed by atoms with van der Waals surface area (Å²) in [5.74, 6) is 0.560. The maximum absolute atomic E-state index is 10.7. The molecular weight excluding hydrogens is 246 g/mol. The number of anilines is 1. The molecule has 3 heterocycles. The third-order valence-corrected chi connectivity index (χ3v) is 3.37. The summed E-state index contributed by atoms with van der Waals surface area (Å²) in [7, 11) is 0. The van der Waals surface area contributed by atoms with Crippen molar-refractivity contribution in [3.8, 4) is 0 Å². The van der Waals surface area contributed by atoms with Gasteiger partial charge in [-0.25, -0.2) is 14.8 Å². The smallest absolute Gasteiger partial charge is 0.407 e. The quantitative estimate of drug-likeness (QED) is 0.778. The Labute approximate surface area is 102 Å². The average Bonchev–Trinajstić information content (AvgIpc) is 2.12. The number of nitrogens with zero attached hydrogens (tertiary/aromatic N) is 5. The van der Waals surface area contributed by atoms with Crippen molar-refractivity contribution in [3.05, 3.63) is 11.6 Å². The second kappa shape index (κ2) is 3.43. The number of aromatic nitrogens is 3. The molecule has 0 bridgehead atoms. The van der Waals surface area contributed by atoms with Crippen molar-refractivity contribution in [3.63, 3.8) is 0 Å². The molecule has 90 valence electrons. The molecule has 0 atom stereocenters. The van der Waals surface area contributed by atoms with Gasteiger partial charge in [0.2, 0.25) is 11.2 Å². The Bertz CT molecular complexity index is 468. The molecule has 8 heteroatoms. The Hall–Kier alpha value is -1.63. The van der Waals surface area contributed by atoms with Crippen LogP contribution in [0.3, 0.4) is 0 Å². The van der Waals surface area contributed by atoms with E-state index in [2.05, 4.69) is 15.0 Å². The highest BCUT2D eigenvalue weighted by Crippen LogP contribution is 2.40. The molecule has 1 spiro atoms. The SMILES string of the molecule is O=C(O)N1CC2(C1)CN(c1ncnc(Cl)n1)C2. The first kappa shape index (κ1) is 10.5. The Morgan fingerprint density at radius 2 is 2.06 bits per heavy atom. The molecule has 0 aromatic carbocycles. The summed E-state index contributed by atoms with van der Waals surface area (Å²) < 4.78 is 0. The summed E-state index contributed by atoms with van der Waals surface area (Å²) in [5.41, 5.74) is 0.0947. The van der Waals surface area contributed by atoms with Crippen LogP contribution < -0.4 is 4.90 Å². The van der Waals surface area contributed by atoms with Gasteiger partial charge in [0, 0.05) is 31.6 Å². The summed E-state index contributed by atoms with van der Waals surface area (Å²) in [4.78, 5) is 25.8. The van der Waals surface area contributed by atoms with Crippen molar-refractivity contribution in [2.75, 3.05) is 31.1 Å². The highest BCUT2D eigenvalue weighted by Gasteiger charge is 2.54. The molecule has 7 nitrogen and oxygen atoms in total. The van der Waals surface area contributed by atoms with Gasteiger partial charge in [0.05, 0.1) is 0 Å². The van der Waals surface area contributed by atoms with E-state index in [-0.39, 0.29) is 10.7 Å². The zero-order valence-electron chi connectivity index (χ0n) is 8.88. The third kappa shape index (κ3) is 1.66. The molecule has 2 aliphatic heterocycles. The van der Waals surface area contributed by atoms with E-state index >= 15 is 0 Å². The largest absolute Gasteiger partial charge is 0.465 e. The topological polar surface area (TPSA) is 82.5 Å². The molecule has 0 saturated carbocycles. The molecule has 0 radical (unpaired) electrons. The van der Waals surface area contributed by atoms with Gasteiger partial charge in [-0.1, -0.05) is 0 Å². The van der Waals surface area contributed by atoms with E-state index in [0.29, 0.717) is 19.0 Å². The summed E-state index contributed by atoms with van der Waals surface area (Å²) in [6, 6.07) is 0. The number of carboxylic acid groups (broad SMARTS) is 1. The van der Waals surface area contributed by atoms with Gasteiger partial charge in [0.15, 0.2) is 0 Å². The van der Waals surface area contributed by atoms with Gasteiger partial charge in [-0.2, -0.15) is 4.98 Å². The molecule has 2 fully saturated rings. The fourth-order valence-corrected chi connectivity index (χ4v) is 2.54. The molecule has 1 aromatic heterocycles. The molecule has 2 aliphatic rings. The molecular formula is C9H10ClN5O2. The fraction of sp³-hybridized carbons (Fsp3) is 0.556. The number of carbonyl (C=O) groups is 1. The van der Waals surface area contributed by atoms with Gasteiger partial charge in [-0.05, 0) is 11.6 Å². The van der Waals surface area contributed by atoms with E-state index in [4.69, 9.17) is 16.7 Å². The lowest BCUT2D eigenvalue weighted by molar-refractivity contribution is -0.0101. The molecule has 3 rings (SSSR count). The first-order valence-electron chi connectivity index (χ1n) is 5.15. The molecule has 17 heavy (non-hydrogen) atoms. The molecule has 0 unspecified atom stereocenters. The Balaban J connectivity index is 1.61. The maximum atomic E-state index is 10.7. The second-order valence-corrected chi connectivity index (χ2v) is 4.89. The number of rotatable bonds is 1. The van der Waals surface area contributed by atoms with Crippen LogP contribution in [0.1, 0.15) is 0 Å². The van der Waals surface area contributed by atoms with Gasteiger partial charge in [-0.15, -0.1) is 0 Å². The minimum atomic E-state index is -0.850. The third-order valence-electron chi connectivity index (χ3n) is 3.19. The van der Waals surface area contributed by atoms with Crippen molar-refractivity contribution in [2.24, 2.45) is 5.41 Å². The van der Waals surface area contributed by atoms with Gasteiger partial charge >= 0.3 is 6.09 Å². The molecule has 1 N–H and O–H groups in total. The Kier molecular flexibility index (Phi) is 2.12. The number of hydrogen-bond acceptors (Lipinski definition) is 5. The predicted octanol–water partition coefficient (Wildman–Crippen LogP) is 0.325. The van der Waals surface area contributed by atoms with Crippen LogP contribution in [0.25, 0.3) is 0 Å². The lowest BCUT2D eigenvalue weighted by Gasteiger charge is -2.59. The second-order valence-electron chi connectivity index (χ2n) is 4.55. The lowest BCUT2D eigenvalue weighted by atomic mass is 9.73. The Morgan fingerprint density at radius 1 is 1.35 bits per heavy atom. The molecule has 2 saturated heterocycles. The van der Waals surface area contributed by atoms with Crippen LogP contribution in [0.4, 0.5) is 10.7 Å². The molecule has 0 aliphatic carbocycles. The number of halogens is 1. The summed E-state index contributed by atoms with van der Waals surface area (Å²) in [6.45, 7) is 2.74. The normalized spacial score (nSPS) is 21.0. The van der Waals surface area contributed by atoms with Crippen molar-refractivity contribution in [1.29, 1.82) is 0 Å². The van der Waals surface area contributed by atoms with E-state index in [0.717, 1.165) is 13.1 Å². The lowest BCUT2D eigenvalue weighted by Crippen LogP contribution is -2.73. The van der Waals surface area contributed by atoms with Gasteiger partial charge in [0.1, 0.15) is 6.33 Å². The minimum Gasteiger partial charge on any atom is -0.465 e. The highest BCUT2D eigenvalue weighted by molar-refractivity contribution is 6.28. The molecule has 1 amide bonds. The van der Waals surface area contributed by atoms with Crippen molar-refractivity contribution >= 4 is 23.6 Å². The van der Waals surface area contributed by atoms with Crippen LogP contribution >= 0.6 is 11.6 Å². The number of hydrogen-bond donors (Lipinski definition) is 1. The van der Waals surface area contributed by atoms with E-state index in [9.17, 15) is 4.79 Å². The monoisotopic (exact) mass is 255 g/mol. The predicted molar refractivity (Wildman–Crippen MR) is 59.1 cm³/mol. The van der Waals surface area contributed by atoms with Crippen LogP contribution in [-0.4, -0.2) is 57.2 Å². The van der Waals surface area contributed by atoms with Crippen molar-refractivity contribution < 1.29 is 9.90 Å². The van der Waals surface area contributed by atoms with Crippen molar-refractivity contribution in [1.82, 2.24) is 19.9 Å². The highest BCUT2D eigenvalue weighted by atomic mass is 35.5. The van der Waals surface area contributed by atoms with E-state index < -0.39 is 6.09 Å². The van der Waals surface area contributed by atoms with Crippen molar-refractivity contribution in [2.45, 2.75) is 0 Å². The van der Waals surface area contributed by atoms with Crippen LogP contribution in [0.15, 0.2) is 6.33 Å². The zero-order valence-corrected chi connectivity index (χ0v) is 9.63. The van der Waals surface area contributed by atoms with E-state index in [1.165, 1.54) is 11.2 Å². The first-order valence-corrected chi connectivity index (χ1v) is 5.53. The van der Waals surface area contributed by atoms with Crippen LogP contribution in [0, 0.1) is 5.41 Å². The average molecular weight is 256 g/mol. The maximum Gasteiger partial charge on any atom is 0.407 e.